The van der Waals surface area contributed by atoms with Crippen LogP contribution in [-0.4, -0.2) is 34.8 Å². The molecule has 1 heterocycles. The van der Waals surface area contributed by atoms with Crippen molar-refractivity contribution in [3.05, 3.63) is 40.5 Å². The number of halogens is 1. The van der Waals surface area contributed by atoms with Gasteiger partial charge in [-0.1, -0.05) is 23.7 Å². The van der Waals surface area contributed by atoms with Crippen molar-refractivity contribution in [2.45, 2.75) is 45.1 Å². The molecule has 1 aromatic carbocycles. The molecule has 6 heteroatoms. The van der Waals surface area contributed by atoms with Crippen LogP contribution in [0.3, 0.4) is 0 Å². The number of carbonyl (C=O) groups excluding carboxylic acids is 1. The summed E-state index contributed by atoms with van der Waals surface area (Å²) in [6.45, 7) is 3.42. The van der Waals surface area contributed by atoms with Crippen LogP contribution in [0.4, 0.5) is 0 Å². The molecule has 2 N–H and O–H groups in total. The molecule has 1 amide bonds. The van der Waals surface area contributed by atoms with Crippen LogP contribution in [0, 0.1) is 30.6 Å². The summed E-state index contributed by atoms with van der Waals surface area (Å²) in [4.78, 5) is 12.8. The minimum atomic E-state index is -0.102. The van der Waals surface area contributed by atoms with E-state index in [9.17, 15) is 4.79 Å². The van der Waals surface area contributed by atoms with Crippen LogP contribution in [0.1, 0.15) is 48.2 Å². The fourth-order valence-corrected chi connectivity index (χ4v) is 6.74. The maximum atomic E-state index is 12.8. The van der Waals surface area contributed by atoms with Gasteiger partial charge in [0, 0.05) is 42.3 Å². The number of aryl methyl sites for hydroxylation is 1. The predicted molar refractivity (Wildman–Crippen MR) is 120 cm³/mol. The van der Waals surface area contributed by atoms with E-state index in [4.69, 9.17) is 11.6 Å². The van der Waals surface area contributed by atoms with E-state index >= 15 is 0 Å². The van der Waals surface area contributed by atoms with E-state index in [-0.39, 0.29) is 5.91 Å². The molecule has 4 fully saturated rings. The van der Waals surface area contributed by atoms with Gasteiger partial charge in [0.1, 0.15) is 0 Å². The van der Waals surface area contributed by atoms with Crippen molar-refractivity contribution in [2.24, 2.45) is 30.7 Å². The highest BCUT2D eigenvalue weighted by Gasteiger charge is 2.47. The maximum Gasteiger partial charge on any atom is 0.272 e. The lowest BCUT2D eigenvalue weighted by Crippen LogP contribution is -2.55. The van der Waals surface area contributed by atoms with Crippen LogP contribution in [0.25, 0.3) is 11.3 Å². The quantitative estimate of drug-likeness (QED) is 0.681. The molecule has 0 unspecified atom stereocenters. The predicted octanol–water partition coefficient (Wildman–Crippen LogP) is 4.19. The normalized spacial score (nSPS) is 29.4. The summed E-state index contributed by atoms with van der Waals surface area (Å²) in [6, 6.07) is 8.30. The smallest absolute Gasteiger partial charge is 0.272 e. The average Bonchev–Trinajstić information content (AvgIpc) is 3.01. The van der Waals surface area contributed by atoms with Gasteiger partial charge in [-0.3, -0.25) is 9.48 Å². The molecule has 30 heavy (non-hydrogen) atoms. The Labute approximate surface area is 183 Å². The van der Waals surface area contributed by atoms with Gasteiger partial charge in [0.2, 0.25) is 0 Å². The minimum Gasteiger partial charge on any atom is -0.349 e. The van der Waals surface area contributed by atoms with E-state index in [1.165, 1.54) is 32.1 Å². The highest BCUT2D eigenvalue weighted by atomic mass is 35.5. The molecular weight excluding hydrogens is 396 g/mol. The number of nitrogens with zero attached hydrogens (tertiary/aromatic N) is 2. The topological polar surface area (TPSA) is 59.0 Å². The molecule has 2 aromatic rings. The molecule has 6 rings (SSSR count). The van der Waals surface area contributed by atoms with Gasteiger partial charge in [0.05, 0.1) is 5.69 Å². The number of rotatable bonds is 6. The van der Waals surface area contributed by atoms with Crippen molar-refractivity contribution in [3.63, 3.8) is 0 Å². The Balaban J connectivity index is 1.17. The highest BCUT2D eigenvalue weighted by molar-refractivity contribution is 6.30. The van der Waals surface area contributed by atoms with E-state index in [0.29, 0.717) is 23.3 Å². The minimum absolute atomic E-state index is 0.102. The molecule has 160 valence electrons. The second-order valence-electron chi connectivity index (χ2n) is 9.62. The van der Waals surface area contributed by atoms with Crippen LogP contribution in [0.2, 0.25) is 5.02 Å². The number of nitrogens with one attached hydrogen (secondary N) is 2. The Morgan fingerprint density at radius 1 is 1.07 bits per heavy atom. The Bertz CT molecular complexity index is 907. The number of amides is 1. The summed E-state index contributed by atoms with van der Waals surface area (Å²) >= 11 is 6.01. The molecule has 4 bridgehead atoms. The van der Waals surface area contributed by atoms with Gasteiger partial charge in [-0.15, -0.1) is 0 Å². The molecule has 4 aliphatic rings. The fourth-order valence-electron chi connectivity index (χ4n) is 6.61. The summed E-state index contributed by atoms with van der Waals surface area (Å²) in [6.07, 6.45) is 7.14. The molecule has 1 aromatic heterocycles. The van der Waals surface area contributed by atoms with Crippen molar-refractivity contribution in [1.82, 2.24) is 20.4 Å². The standard InChI is InChI=1S/C24H31ClN4O/c1-14-21(28-29(2)23(14)17-3-5-20(25)6-4-17)24(30)27-8-7-26-22-18-10-15-9-16(12-18)13-19(22)11-15/h3-6,15-16,18-19,22,26H,7-13H2,1-2H3,(H,27,30). The van der Waals surface area contributed by atoms with Crippen LogP contribution in [-0.2, 0) is 7.05 Å². The second-order valence-corrected chi connectivity index (χ2v) is 10.1. The monoisotopic (exact) mass is 426 g/mol. The lowest BCUT2D eigenvalue weighted by atomic mass is 9.54. The third-order valence-electron chi connectivity index (χ3n) is 7.63. The molecule has 5 nitrogen and oxygen atoms in total. The van der Waals surface area contributed by atoms with Crippen molar-refractivity contribution < 1.29 is 4.79 Å². The first-order chi connectivity index (χ1) is 14.5. The van der Waals surface area contributed by atoms with Crippen molar-refractivity contribution in [3.8, 4) is 11.3 Å². The van der Waals surface area contributed by atoms with Crippen molar-refractivity contribution in [1.29, 1.82) is 0 Å². The van der Waals surface area contributed by atoms with Gasteiger partial charge in [-0.05, 0) is 74.8 Å². The van der Waals surface area contributed by atoms with E-state index in [2.05, 4.69) is 15.7 Å². The Hall–Kier alpha value is -1.85. The molecule has 0 atom stereocenters. The number of aromatic nitrogens is 2. The van der Waals surface area contributed by atoms with Gasteiger partial charge in [0.15, 0.2) is 5.69 Å². The summed E-state index contributed by atoms with van der Waals surface area (Å²) in [5, 5.41) is 12.0. The first-order valence-corrected chi connectivity index (χ1v) is 11.7. The molecule has 0 saturated heterocycles. The molecule has 0 spiro atoms. The summed E-state index contributed by atoms with van der Waals surface area (Å²) in [5.74, 6) is 3.60. The van der Waals surface area contributed by atoms with Crippen LogP contribution in [0.15, 0.2) is 24.3 Å². The summed E-state index contributed by atoms with van der Waals surface area (Å²) in [5.41, 5.74) is 3.35. The fraction of sp³-hybridized carbons (Fsp3) is 0.583. The molecule has 4 saturated carbocycles. The SMILES string of the molecule is Cc1c(C(=O)NCCNC2C3CC4CC(C3)CC2C4)nn(C)c1-c1ccc(Cl)cc1. The van der Waals surface area contributed by atoms with E-state index in [1.807, 2.05) is 38.2 Å². The number of hydrogen-bond acceptors (Lipinski definition) is 3. The average molecular weight is 427 g/mol. The lowest BCUT2D eigenvalue weighted by Gasteiger charge is -2.54. The first kappa shape index (κ1) is 20.1. The Morgan fingerprint density at radius 3 is 2.33 bits per heavy atom. The van der Waals surface area contributed by atoms with Crippen molar-refractivity contribution >= 4 is 17.5 Å². The third kappa shape index (κ3) is 3.67. The summed E-state index contributed by atoms with van der Waals surface area (Å²) < 4.78 is 1.78. The zero-order chi connectivity index (χ0) is 20.8. The molecule has 4 aliphatic carbocycles. The van der Waals surface area contributed by atoms with Crippen LogP contribution >= 0.6 is 11.6 Å². The highest BCUT2D eigenvalue weighted by Crippen LogP contribution is 2.53. The van der Waals surface area contributed by atoms with Crippen LogP contribution in [0.5, 0.6) is 0 Å². The number of benzene rings is 1. The van der Waals surface area contributed by atoms with Gasteiger partial charge in [-0.25, -0.2) is 0 Å². The number of hydrogen-bond donors (Lipinski definition) is 2. The molecule has 0 aliphatic heterocycles. The zero-order valence-corrected chi connectivity index (χ0v) is 18.6. The van der Waals surface area contributed by atoms with E-state index < -0.39 is 0 Å². The van der Waals surface area contributed by atoms with Gasteiger partial charge < -0.3 is 10.6 Å². The Kier molecular flexibility index (Phi) is 5.36. The van der Waals surface area contributed by atoms with Crippen LogP contribution < -0.4 is 10.6 Å². The van der Waals surface area contributed by atoms with Gasteiger partial charge in [-0.2, -0.15) is 5.10 Å². The second kappa shape index (κ2) is 8.01. The maximum absolute atomic E-state index is 12.8. The van der Waals surface area contributed by atoms with Gasteiger partial charge in [0.25, 0.3) is 5.91 Å². The molecule has 0 radical (unpaired) electrons. The Morgan fingerprint density at radius 2 is 1.70 bits per heavy atom. The van der Waals surface area contributed by atoms with E-state index in [1.54, 1.807) is 4.68 Å². The lowest BCUT2D eigenvalue weighted by molar-refractivity contribution is -0.0133. The van der Waals surface area contributed by atoms with Gasteiger partial charge >= 0.3 is 0 Å². The number of carbonyl (C=O) groups is 1. The van der Waals surface area contributed by atoms with Crippen molar-refractivity contribution in [2.75, 3.05) is 13.1 Å². The summed E-state index contributed by atoms with van der Waals surface area (Å²) in [7, 11) is 1.88. The first-order valence-electron chi connectivity index (χ1n) is 11.3. The third-order valence-corrected chi connectivity index (χ3v) is 7.89. The van der Waals surface area contributed by atoms with E-state index in [0.717, 1.165) is 47.0 Å². The largest absolute Gasteiger partial charge is 0.349 e. The zero-order valence-electron chi connectivity index (χ0n) is 17.8. The molecular formula is C24H31ClN4O.